The standard InChI is InChI=1S/C18H23N3O5/c1-11(2)18(17(23)24)7-8-20(10-18)16(22)12-3-6-14(19-13-4-5-13)15(9-12)21(25)26/h3,6,9,11,13,19H,4-5,7-8,10H2,1-2H3,(H,23,24). The third kappa shape index (κ3) is 3.23. The number of hydrogen-bond donors (Lipinski definition) is 2. The van der Waals surface area contributed by atoms with Gasteiger partial charge in [-0.2, -0.15) is 0 Å². The monoisotopic (exact) mass is 361 g/mol. The van der Waals surface area contributed by atoms with E-state index in [1.54, 1.807) is 12.1 Å². The second-order valence-electron chi connectivity index (χ2n) is 7.50. The Balaban J connectivity index is 1.83. The average molecular weight is 361 g/mol. The Kier molecular flexibility index (Phi) is 4.60. The molecule has 3 rings (SSSR count). The molecule has 8 heteroatoms. The van der Waals surface area contributed by atoms with Crippen LogP contribution in [0.1, 0.15) is 43.5 Å². The van der Waals surface area contributed by atoms with Gasteiger partial charge in [0.15, 0.2) is 0 Å². The average Bonchev–Trinajstić information content (AvgIpc) is 3.27. The van der Waals surface area contributed by atoms with Crippen LogP contribution < -0.4 is 5.32 Å². The first-order chi connectivity index (χ1) is 12.2. The van der Waals surface area contributed by atoms with Crippen LogP contribution in [0.15, 0.2) is 18.2 Å². The number of carboxylic acids is 1. The second-order valence-corrected chi connectivity index (χ2v) is 7.50. The summed E-state index contributed by atoms with van der Waals surface area (Å²) in [5.41, 5.74) is -0.467. The minimum Gasteiger partial charge on any atom is -0.481 e. The molecule has 0 aromatic heterocycles. The summed E-state index contributed by atoms with van der Waals surface area (Å²) in [7, 11) is 0. The van der Waals surface area contributed by atoms with Crippen LogP contribution in [0.4, 0.5) is 11.4 Å². The van der Waals surface area contributed by atoms with Crippen molar-refractivity contribution in [2.45, 2.75) is 39.2 Å². The molecule has 1 saturated heterocycles. The highest BCUT2D eigenvalue weighted by atomic mass is 16.6. The lowest BCUT2D eigenvalue weighted by Gasteiger charge is -2.28. The topological polar surface area (TPSA) is 113 Å². The lowest BCUT2D eigenvalue weighted by Crippen LogP contribution is -2.40. The Labute approximate surface area is 151 Å². The van der Waals surface area contributed by atoms with E-state index in [9.17, 15) is 24.8 Å². The van der Waals surface area contributed by atoms with Crippen LogP contribution in [0.2, 0.25) is 0 Å². The van der Waals surface area contributed by atoms with Gasteiger partial charge >= 0.3 is 5.97 Å². The van der Waals surface area contributed by atoms with Gasteiger partial charge < -0.3 is 15.3 Å². The number of carbonyl (C=O) groups is 2. The van der Waals surface area contributed by atoms with Crippen LogP contribution >= 0.6 is 0 Å². The highest BCUT2D eigenvalue weighted by Crippen LogP contribution is 2.39. The number of benzene rings is 1. The maximum atomic E-state index is 12.8. The molecule has 2 N–H and O–H groups in total. The van der Waals surface area contributed by atoms with Gasteiger partial charge in [-0.25, -0.2) is 0 Å². The molecule has 2 fully saturated rings. The molecule has 140 valence electrons. The van der Waals surface area contributed by atoms with Crippen molar-refractivity contribution >= 4 is 23.3 Å². The number of nitrogens with zero attached hydrogens (tertiary/aromatic N) is 2. The number of nitro benzene ring substituents is 1. The predicted octanol–water partition coefficient (Wildman–Crippen LogP) is 2.74. The zero-order valence-corrected chi connectivity index (χ0v) is 14.9. The lowest BCUT2D eigenvalue weighted by molar-refractivity contribution is -0.384. The molecule has 1 amide bonds. The van der Waals surface area contributed by atoms with Gasteiger partial charge in [-0.1, -0.05) is 13.8 Å². The molecule has 1 aliphatic heterocycles. The Bertz CT molecular complexity index is 759. The van der Waals surface area contributed by atoms with Crippen molar-refractivity contribution in [3.05, 3.63) is 33.9 Å². The summed E-state index contributed by atoms with van der Waals surface area (Å²) in [4.78, 5) is 36.9. The van der Waals surface area contributed by atoms with Crippen LogP contribution in [-0.4, -0.2) is 45.9 Å². The number of nitrogens with one attached hydrogen (secondary N) is 1. The maximum Gasteiger partial charge on any atom is 0.311 e. The van der Waals surface area contributed by atoms with Gasteiger partial charge in [0.1, 0.15) is 5.69 Å². The summed E-state index contributed by atoms with van der Waals surface area (Å²) in [5, 5.41) is 24.1. The zero-order valence-electron chi connectivity index (χ0n) is 14.9. The summed E-state index contributed by atoms with van der Waals surface area (Å²) in [6.45, 7) is 4.13. The number of aliphatic carboxylic acids is 1. The van der Waals surface area contributed by atoms with Crippen LogP contribution in [0.5, 0.6) is 0 Å². The van der Waals surface area contributed by atoms with Crippen LogP contribution in [0.25, 0.3) is 0 Å². The van der Waals surface area contributed by atoms with E-state index >= 15 is 0 Å². The van der Waals surface area contributed by atoms with Gasteiger partial charge in [0.2, 0.25) is 0 Å². The van der Waals surface area contributed by atoms with E-state index in [1.807, 2.05) is 13.8 Å². The van der Waals surface area contributed by atoms with Crippen molar-refractivity contribution in [1.29, 1.82) is 0 Å². The Morgan fingerprint density at radius 2 is 2.08 bits per heavy atom. The van der Waals surface area contributed by atoms with E-state index in [0.717, 1.165) is 12.8 Å². The normalized spacial score (nSPS) is 22.5. The van der Waals surface area contributed by atoms with E-state index < -0.39 is 16.3 Å². The van der Waals surface area contributed by atoms with Gasteiger partial charge in [-0.3, -0.25) is 19.7 Å². The molecular formula is C18H23N3O5. The van der Waals surface area contributed by atoms with Crippen molar-refractivity contribution in [3.8, 4) is 0 Å². The fourth-order valence-corrected chi connectivity index (χ4v) is 3.47. The van der Waals surface area contributed by atoms with Crippen LogP contribution in [0.3, 0.4) is 0 Å². The van der Waals surface area contributed by atoms with Gasteiger partial charge in [-0.15, -0.1) is 0 Å². The van der Waals surface area contributed by atoms with E-state index in [0.29, 0.717) is 18.7 Å². The number of hydrogen-bond acceptors (Lipinski definition) is 5. The molecule has 1 saturated carbocycles. The second kappa shape index (κ2) is 6.59. The number of amides is 1. The summed E-state index contributed by atoms with van der Waals surface area (Å²) < 4.78 is 0. The molecule has 0 radical (unpaired) electrons. The Hall–Kier alpha value is -2.64. The quantitative estimate of drug-likeness (QED) is 0.595. The van der Waals surface area contributed by atoms with Gasteiger partial charge in [0, 0.05) is 30.8 Å². The van der Waals surface area contributed by atoms with Gasteiger partial charge in [0.05, 0.1) is 10.3 Å². The minimum absolute atomic E-state index is 0.114. The molecule has 1 unspecified atom stereocenters. The summed E-state index contributed by atoms with van der Waals surface area (Å²) in [5.74, 6) is -1.38. The minimum atomic E-state index is -0.963. The molecule has 0 bridgehead atoms. The smallest absolute Gasteiger partial charge is 0.311 e. The van der Waals surface area contributed by atoms with Crippen molar-refractivity contribution in [3.63, 3.8) is 0 Å². The van der Waals surface area contributed by atoms with Crippen molar-refractivity contribution in [2.75, 3.05) is 18.4 Å². The van der Waals surface area contributed by atoms with E-state index in [2.05, 4.69) is 5.32 Å². The molecule has 0 spiro atoms. The number of nitro groups is 1. The zero-order chi connectivity index (χ0) is 19.1. The van der Waals surface area contributed by atoms with E-state index in [1.165, 1.54) is 11.0 Å². The number of rotatable bonds is 6. The molecule has 1 heterocycles. The molecule has 1 aliphatic carbocycles. The number of carboxylic acid groups (broad SMARTS) is 1. The Morgan fingerprint density at radius 1 is 1.38 bits per heavy atom. The highest BCUT2D eigenvalue weighted by Gasteiger charge is 2.48. The third-order valence-electron chi connectivity index (χ3n) is 5.50. The van der Waals surface area contributed by atoms with Crippen molar-refractivity contribution in [1.82, 2.24) is 4.90 Å². The first-order valence-electron chi connectivity index (χ1n) is 8.82. The predicted molar refractivity (Wildman–Crippen MR) is 95.2 cm³/mol. The van der Waals surface area contributed by atoms with Crippen LogP contribution in [0, 0.1) is 21.4 Å². The fraction of sp³-hybridized carbons (Fsp3) is 0.556. The highest BCUT2D eigenvalue weighted by molar-refractivity contribution is 5.96. The van der Waals surface area contributed by atoms with Crippen LogP contribution in [-0.2, 0) is 4.79 Å². The Morgan fingerprint density at radius 3 is 2.58 bits per heavy atom. The molecule has 2 aliphatic rings. The van der Waals surface area contributed by atoms with Crippen molar-refractivity contribution in [2.24, 2.45) is 11.3 Å². The maximum absolute atomic E-state index is 12.8. The summed E-state index contributed by atoms with van der Waals surface area (Å²) in [6.07, 6.45) is 2.35. The van der Waals surface area contributed by atoms with Gasteiger partial charge in [0.25, 0.3) is 11.6 Å². The van der Waals surface area contributed by atoms with Crippen molar-refractivity contribution < 1.29 is 19.6 Å². The number of anilines is 1. The molecule has 26 heavy (non-hydrogen) atoms. The number of likely N-dealkylation sites (tertiary alicyclic amines) is 1. The largest absolute Gasteiger partial charge is 0.481 e. The SMILES string of the molecule is CC(C)C1(C(=O)O)CCN(C(=O)c2ccc(NC3CC3)c([N+](=O)[O-])c2)C1. The van der Waals surface area contributed by atoms with E-state index in [-0.39, 0.29) is 35.7 Å². The lowest BCUT2D eigenvalue weighted by atomic mass is 9.76. The molecule has 1 aromatic rings. The van der Waals surface area contributed by atoms with Gasteiger partial charge in [-0.05, 0) is 37.3 Å². The molecular weight excluding hydrogens is 338 g/mol. The summed E-state index contributed by atoms with van der Waals surface area (Å²) >= 11 is 0. The third-order valence-corrected chi connectivity index (χ3v) is 5.50. The van der Waals surface area contributed by atoms with E-state index in [4.69, 9.17) is 0 Å². The molecule has 8 nitrogen and oxygen atoms in total. The molecule has 1 aromatic carbocycles. The first kappa shape index (κ1) is 18.2. The number of carbonyl (C=O) groups excluding carboxylic acids is 1. The first-order valence-corrected chi connectivity index (χ1v) is 8.82. The summed E-state index contributed by atoms with van der Waals surface area (Å²) in [6, 6.07) is 4.67. The molecule has 1 atom stereocenters. The fourth-order valence-electron chi connectivity index (χ4n) is 3.47.